The second-order valence-electron chi connectivity index (χ2n) is 7.09. The van der Waals surface area contributed by atoms with Gasteiger partial charge in [-0.15, -0.1) is 0 Å². The molecule has 3 aromatic carbocycles. The van der Waals surface area contributed by atoms with E-state index in [9.17, 15) is 9.59 Å². The Bertz CT molecular complexity index is 1010. The monoisotopic (exact) mass is 419 g/mol. The predicted octanol–water partition coefficient (Wildman–Crippen LogP) is 5.07. The highest BCUT2D eigenvalue weighted by atomic mass is 16.5. The number of aryl methyl sites for hydroxylation is 1. The molecule has 0 atom stereocenters. The number of hydrogen-bond donors (Lipinski definition) is 2. The molecule has 0 spiro atoms. The Morgan fingerprint density at radius 3 is 2.32 bits per heavy atom. The lowest BCUT2D eigenvalue weighted by Crippen LogP contribution is -2.13. The molecule has 0 saturated carbocycles. The van der Waals surface area contributed by atoms with Gasteiger partial charge in [-0.25, -0.2) is 0 Å². The van der Waals surface area contributed by atoms with Gasteiger partial charge in [0, 0.05) is 12.0 Å². The number of aliphatic carboxylic acids is 1. The molecule has 1 amide bonds. The summed E-state index contributed by atoms with van der Waals surface area (Å²) in [5.74, 6) is 0.0433. The second-order valence-corrected chi connectivity index (χ2v) is 7.09. The van der Waals surface area contributed by atoms with Gasteiger partial charge in [0.1, 0.15) is 18.1 Å². The number of carbonyl (C=O) groups is 2. The first-order valence-corrected chi connectivity index (χ1v) is 10.0. The molecule has 0 fully saturated rings. The first kappa shape index (κ1) is 21.9. The third-order valence-corrected chi connectivity index (χ3v) is 4.57. The minimum absolute atomic E-state index is 0.0346. The van der Waals surface area contributed by atoms with Crippen LogP contribution in [0, 0.1) is 6.92 Å². The van der Waals surface area contributed by atoms with Crippen LogP contribution < -0.4 is 14.8 Å². The quantitative estimate of drug-likeness (QED) is 0.448. The van der Waals surface area contributed by atoms with Crippen LogP contribution in [0.1, 0.15) is 34.3 Å². The van der Waals surface area contributed by atoms with Gasteiger partial charge in [-0.1, -0.05) is 42.0 Å². The Labute approximate surface area is 181 Å². The molecular weight excluding hydrogens is 394 g/mol. The van der Waals surface area contributed by atoms with Crippen LogP contribution in [0.15, 0.2) is 72.8 Å². The third kappa shape index (κ3) is 6.89. The summed E-state index contributed by atoms with van der Waals surface area (Å²) < 4.78 is 11.4. The number of hydrogen-bond acceptors (Lipinski definition) is 4. The van der Waals surface area contributed by atoms with Crippen molar-refractivity contribution in [2.45, 2.75) is 26.4 Å². The highest BCUT2D eigenvalue weighted by Gasteiger charge is 2.10. The summed E-state index contributed by atoms with van der Waals surface area (Å²) in [6.45, 7) is 2.75. The van der Waals surface area contributed by atoms with Crippen molar-refractivity contribution in [2.75, 3.05) is 11.9 Å². The summed E-state index contributed by atoms with van der Waals surface area (Å²) in [6, 6.07) is 22.1. The van der Waals surface area contributed by atoms with Crippen LogP contribution in [0.3, 0.4) is 0 Å². The predicted molar refractivity (Wildman–Crippen MR) is 119 cm³/mol. The summed E-state index contributed by atoms with van der Waals surface area (Å²) in [5, 5.41) is 11.5. The van der Waals surface area contributed by atoms with Gasteiger partial charge in [-0.2, -0.15) is 0 Å². The zero-order chi connectivity index (χ0) is 22.1. The highest BCUT2D eigenvalue weighted by molar-refractivity contribution is 6.05. The molecule has 0 aliphatic heterocycles. The maximum atomic E-state index is 12.6. The molecule has 0 aromatic heterocycles. The number of anilines is 1. The highest BCUT2D eigenvalue weighted by Crippen LogP contribution is 2.25. The summed E-state index contributed by atoms with van der Waals surface area (Å²) in [4.78, 5) is 23.2. The number of carbonyl (C=O) groups excluding carboxylic acids is 1. The van der Waals surface area contributed by atoms with Crippen LogP contribution in [-0.4, -0.2) is 23.6 Å². The van der Waals surface area contributed by atoms with E-state index in [0.29, 0.717) is 35.8 Å². The lowest BCUT2D eigenvalue weighted by Gasteiger charge is -2.12. The molecule has 6 nitrogen and oxygen atoms in total. The third-order valence-electron chi connectivity index (χ3n) is 4.57. The normalized spacial score (nSPS) is 10.4. The van der Waals surface area contributed by atoms with Crippen molar-refractivity contribution in [1.29, 1.82) is 0 Å². The van der Waals surface area contributed by atoms with Crippen LogP contribution in [0.5, 0.6) is 11.5 Å². The standard InChI is InChI=1S/C25H25NO5/c1-18-8-10-19(11-9-18)17-31-21-14-12-20(13-15-21)25(29)26-22-5-2-3-6-23(22)30-16-4-7-24(27)28/h2-3,5-6,8-15H,4,7,16-17H2,1H3,(H,26,29)(H,27,28). The molecule has 0 heterocycles. The Morgan fingerprint density at radius 1 is 0.903 bits per heavy atom. The van der Waals surface area contributed by atoms with Gasteiger partial charge in [0.15, 0.2) is 0 Å². The van der Waals surface area contributed by atoms with Gasteiger partial charge in [-0.05, 0) is 55.3 Å². The lowest BCUT2D eigenvalue weighted by molar-refractivity contribution is -0.137. The number of carboxylic acid groups (broad SMARTS) is 1. The lowest BCUT2D eigenvalue weighted by atomic mass is 10.1. The van der Waals surface area contributed by atoms with Crippen molar-refractivity contribution in [1.82, 2.24) is 0 Å². The van der Waals surface area contributed by atoms with Crippen molar-refractivity contribution in [3.8, 4) is 11.5 Å². The van der Waals surface area contributed by atoms with E-state index < -0.39 is 5.97 Å². The maximum Gasteiger partial charge on any atom is 0.303 e. The van der Waals surface area contributed by atoms with E-state index in [1.165, 1.54) is 5.56 Å². The van der Waals surface area contributed by atoms with Gasteiger partial charge in [0.05, 0.1) is 12.3 Å². The zero-order valence-electron chi connectivity index (χ0n) is 17.3. The number of rotatable bonds is 10. The molecule has 0 unspecified atom stereocenters. The minimum Gasteiger partial charge on any atom is -0.491 e. The molecule has 0 bridgehead atoms. The Hall–Kier alpha value is -3.80. The molecule has 0 radical (unpaired) electrons. The molecule has 3 rings (SSSR count). The summed E-state index contributed by atoms with van der Waals surface area (Å²) in [5.41, 5.74) is 3.30. The average Bonchev–Trinajstić information content (AvgIpc) is 2.77. The summed E-state index contributed by atoms with van der Waals surface area (Å²) in [7, 11) is 0. The second kappa shape index (κ2) is 10.8. The number of nitrogens with one attached hydrogen (secondary N) is 1. The molecule has 0 aliphatic carbocycles. The van der Waals surface area contributed by atoms with E-state index in [1.54, 1.807) is 48.5 Å². The molecule has 6 heteroatoms. The van der Waals surface area contributed by atoms with Crippen LogP contribution in [-0.2, 0) is 11.4 Å². The van der Waals surface area contributed by atoms with Crippen molar-refractivity contribution in [3.05, 3.63) is 89.5 Å². The maximum absolute atomic E-state index is 12.6. The number of carboxylic acids is 1. The molecule has 0 aliphatic rings. The summed E-state index contributed by atoms with van der Waals surface area (Å²) in [6.07, 6.45) is 0.425. The fourth-order valence-electron chi connectivity index (χ4n) is 2.85. The molecule has 2 N–H and O–H groups in total. The minimum atomic E-state index is -0.864. The first-order valence-electron chi connectivity index (χ1n) is 10.0. The van der Waals surface area contributed by atoms with Crippen LogP contribution >= 0.6 is 0 Å². The fraction of sp³-hybridized carbons (Fsp3) is 0.200. The van der Waals surface area contributed by atoms with Crippen molar-refractivity contribution >= 4 is 17.6 Å². The van der Waals surface area contributed by atoms with Gasteiger partial charge < -0.3 is 19.9 Å². The fourth-order valence-corrected chi connectivity index (χ4v) is 2.85. The Balaban J connectivity index is 1.55. The number of benzene rings is 3. The smallest absolute Gasteiger partial charge is 0.303 e. The van der Waals surface area contributed by atoms with Crippen molar-refractivity contribution < 1.29 is 24.2 Å². The van der Waals surface area contributed by atoms with E-state index in [1.807, 2.05) is 31.2 Å². The van der Waals surface area contributed by atoms with E-state index in [2.05, 4.69) is 5.32 Å². The van der Waals surface area contributed by atoms with Crippen LogP contribution in [0.25, 0.3) is 0 Å². The van der Waals surface area contributed by atoms with Crippen LogP contribution in [0.4, 0.5) is 5.69 Å². The van der Waals surface area contributed by atoms with Crippen molar-refractivity contribution in [3.63, 3.8) is 0 Å². The zero-order valence-corrected chi connectivity index (χ0v) is 17.3. The average molecular weight is 419 g/mol. The van der Waals surface area contributed by atoms with E-state index in [-0.39, 0.29) is 18.9 Å². The van der Waals surface area contributed by atoms with Gasteiger partial charge in [0.25, 0.3) is 5.91 Å². The SMILES string of the molecule is Cc1ccc(COc2ccc(C(=O)Nc3ccccc3OCCCC(=O)O)cc2)cc1. The Morgan fingerprint density at radius 2 is 1.61 bits per heavy atom. The van der Waals surface area contributed by atoms with E-state index in [0.717, 1.165) is 5.56 Å². The topological polar surface area (TPSA) is 84.9 Å². The number of ether oxygens (including phenoxy) is 2. The van der Waals surface area contributed by atoms with Gasteiger partial charge >= 0.3 is 5.97 Å². The number of amides is 1. The van der Waals surface area contributed by atoms with Gasteiger partial charge in [0.2, 0.25) is 0 Å². The Kier molecular flexibility index (Phi) is 7.65. The van der Waals surface area contributed by atoms with Gasteiger partial charge in [-0.3, -0.25) is 9.59 Å². The number of para-hydroxylation sites is 2. The molecule has 31 heavy (non-hydrogen) atoms. The molecule has 3 aromatic rings. The molecular formula is C25H25NO5. The molecule has 160 valence electrons. The molecule has 0 saturated heterocycles. The first-order chi connectivity index (χ1) is 15.0. The van der Waals surface area contributed by atoms with E-state index in [4.69, 9.17) is 14.6 Å². The van der Waals surface area contributed by atoms with Crippen LogP contribution in [0.2, 0.25) is 0 Å². The van der Waals surface area contributed by atoms with E-state index >= 15 is 0 Å². The van der Waals surface area contributed by atoms with Crippen molar-refractivity contribution in [2.24, 2.45) is 0 Å². The summed E-state index contributed by atoms with van der Waals surface area (Å²) >= 11 is 0. The largest absolute Gasteiger partial charge is 0.491 e.